The van der Waals surface area contributed by atoms with Crippen LogP contribution in [0.15, 0.2) is 115 Å². The van der Waals surface area contributed by atoms with E-state index in [4.69, 9.17) is 0 Å². The van der Waals surface area contributed by atoms with E-state index in [-0.39, 0.29) is 14.9 Å². The monoisotopic (exact) mass is 642 g/mol. The number of fused-ring (bicyclic) bond motifs is 2. The molecule has 0 aliphatic carbocycles. The molecule has 0 aliphatic heterocycles. The first-order valence-electron chi connectivity index (χ1n) is 14.3. The molecule has 0 amide bonds. The van der Waals surface area contributed by atoms with Crippen LogP contribution in [0.5, 0.6) is 0 Å². The van der Waals surface area contributed by atoms with Gasteiger partial charge >= 0.3 is 30.2 Å². The topological polar surface area (TPSA) is 0 Å². The number of aryl methyl sites for hydroxylation is 2. The summed E-state index contributed by atoms with van der Waals surface area (Å²) in [5, 5.41) is 5.53. The third-order valence-corrected chi connectivity index (χ3v) is 7.59. The van der Waals surface area contributed by atoms with Crippen molar-refractivity contribution in [1.29, 1.82) is 0 Å². The van der Waals surface area contributed by atoms with Crippen LogP contribution in [0.3, 0.4) is 0 Å². The van der Waals surface area contributed by atoms with E-state index >= 15 is 0 Å². The van der Waals surface area contributed by atoms with Crippen molar-refractivity contribution in [1.82, 2.24) is 0 Å². The molecule has 0 aliphatic rings. The third-order valence-electron chi connectivity index (χ3n) is 7.59. The molecule has 0 aromatic heterocycles. The van der Waals surface area contributed by atoms with Gasteiger partial charge in [0.2, 0.25) is 0 Å². The van der Waals surface area contributed by atoms with Crippen molar-refractivity contribution in [2.75, 3.05) is 0 Å². The molecule has 0 spiro atoms. The molecular weight excluding hydrogens is 600 g/mol. The zero-order valence-electron chi connectivity index (χ0n) is 26.2. The molecule has 0 saturated heterocycles. The molecule has 0 fully saturated rings. The summed E-state index contributed by atoms with van der Waals surface area (Å²) in [4.78, 5) is 0. The van der Waals surface area contributed by atoms with E-state index in [1.807, 2.05) is 0 Å². The summed E-state index contributed by atoms with van der Waals surface area (Å²) in [5.74, 6) is 0.584. The molecule has 2 radical (unpaired) electrons. The Morgan fingerprint density at radius 1 is 0.690 bits per heavy atom. The van der Waals surface area contributed by atoms with Crippen molar-refractivity contribution >= 4 is 28.4 Å². The number of rotatable bonds is 6. The molecule has 2 heteroatoms. The summed E-state index contributed by atoms with van der Waals surface area (Å²) in [6, 6.07) is 41.8. The summed E-state index contributed by atoms with van der Waals surface area (Å²) in [5.41, 5.74) is 9.58. The molecule has 0 saturated carbocycles. The summed E-state index contributed by atoms with van der Waals surface area (Å²) < 4.78 is 0. The van der Waals surface area contributed by atoms with E-state index in [0.29, 0.717) is 5.92 Å². The Labute approximate surface area is 272 Å². The summed E-state index contributed by atoms with van der Waals surface area (Å²) in [6.07, 6.45) is 3.72. The summed E-state index contributed by atoms with van der Waals surface area (Å²) >= 11 is 1.36. The van der Waals surface area contributed by atoms with Gasteiger partial charge in [0.15, 0.2) is 0 Å². The first-order chi connectivity index (χ1) is 19.5. The second kappa shape index (κ2) is 17.3. The van der Waals surface area contributed by atoms with E-state index in [2.05, 4.69) is 150 Å². The molecular formula is C40H44SiZr-4. The van der Waals surface area contributed by atoms with Crippen molar-refractivity contribution in [2.24, 2.45) is 0 Å². The van der Waals surface area contributed by atoms with Gasteiger partial charge in [0.25, 0.3) is 0 Å². The number of benzene rings is 4. The Morgan fingerprint density at radius 3 is 1.86 bits per heavy atom. The Kier molecular flexibility index (Phi) is 14.6. The minimum atomic E-state index is 0. The van der Waals surface area contributed by atoms with Gasteiger partial charge in [-0.2, -0.15) is 12.1 Å². The van der Waals surface area contributed by atoms with Crippen LogP contribution < -0.4 is 0 Å². The van der Waals surface area contributed by atoms with Crippen molar-refractivity contribution in [3.8, 4) is 22.3 Å². The van der Waals surface area contributed by atoms with Crippen LogP contribution in [0.1, 0.15) is 56.2 Å². The van der Waals surface area contributed by atoms with Crippen LogP contribution in [0, 0.1) is 21.8 Å². The standard InChI is InChI=1S/C20H21.C18H17.2CH3.Si.Zr/c1-3-4-8-16-13-19-15(2)11-12-18(20(19)14-16)17-9-6-5-7-10-17;1-13(2)16-11-15-9-6-10-17(18(15)12-16)14-7-4-3-5-8-14;;;;/h5-7,9-14H,3-4,8H2,1-2H3;3-13H,1-2H3;2*1H3;;/q4*-1;;. The zero-order chi connectivity index (χ0) is 28.5. The molecule has 6 aromatic carbocycles. The Balaban J connectivity index is 0.000000266. The second-order valence-electron chi connectivity index (χ2n) is 10.7. The quantitative estimate of drug-likeness (QED) is 0.125. The normalized spacial score (nSPS) is 10.2. The summed E-state index contributed by atoms with van der Waals surface area (Å²) in [7, 11) is 0. The van der Waals surface area contributed by atoms with Crippen LogP contribution in [0.25, 0.3) is 43.8 Å². The fourth-order valence-electron chi connectivity index (χ4n) is 5.36. The van der Waals surface area contributed by atoms with E-state index < -0.39 is 0 Å². The zero-order valence-corrected chi connectivity index (χ0v) is 29.6. The number of hydrogen-bond donors (Lipinski definition) is 0. The maximum absolute atomic E-state index is 3.06. The van der Waals surface area contributed by atoms with Crippen molar-refractivity contribution < 1.29 is 23.3 Å². The van der Waals surface area contributed by atoms with Gasteiger partial charge < -0.3 is 14.9 Å². The van der Waals surface area contributed by atoms with Gasteiger partial charge in [0.05, 0.1) is 0 Å². The third kappa shape index (κ3) is 8.40. The Morgan fingerprint density at radius 2 is 1.29 bits per heavy atom. The second-order valence-corrected chi connectivity index (χ2v) is 10.7. The molecule has 0 atom stereocenters. The van der Waals surface area contributed by atoms with E-state index in [1.54, 1.807) is 0 Å². The maximum atomic E-state index is 3.06. The molecule has 0 N–H and O–H groups in total. The van der Waals surface area contributed by atoms with Crippen LogP contribution in [0.2, 0.25) is 0 Å². The number of unbranched alkanes of at least 4 members (excludes halogenated alkanes) is 1. The molecule has 6 rings (SSSR count). The van der Waals surface area contributed by atoms with Gasteiger partial charge in [-0.1, -0.05) is 124 Å². The van der Waals surface area contributed by atoms with Gasteiger partial charge in [-0.15, -0.1) is 68.6 Å². The molecule has 0 heterocycles. The predicted octanol–water partition coefficient (Wildman–Crippen LogP) is 11.7. The van der Waals surface area contributed by atoms with Crippen LogP contribution >= 0.6 is 0 Å². The molecule has 42 heavy (non-hydrogen) atoms. The van der Waals surface area contributed by atoms with Crippen molar-refractivity contribution in [3.63, 3.8) is 0 Å². The van der Waals surface area contributed by atoms with E-state index in [9.17, 15) is 0 Å². The fraction of sp³-hybridized carbons (Fsp3) is 0.200. The van der Waals surface area contributed by atoms with Gasteiger partial charge in [0.1, 0.15) is 0 Å². The van der Waals surface area contributed by atoms with Crippen LogP contribution in [-0.2, 0) is 29.8 Å². The first kappa shape index (κ1) is 35.4. The van der Waals surface area contributed by atoms with Crippen molar-refractivity contribution in [3.05, 3.63) is 147 Å². The van der Waals surface area contributed by atoms with E-state index in [1.165, 1.54) is 103 Å². The molecule has 0 bridgehead atoms. The van der Waals surface area contributed by atoms with Gasteiger partial charge in [-0.3, -0.25) is 0 Å². The summed E-state index contributed by atoms with van der Waals surface area (Å²) in [6.45, 7) is 12.0. The van der Waals surface area contributed by atoms with Gasteiger partial charge in [0, 0.05) is 0 Å². The number of hydrogen-bond acceptors (Lipinski definition) is 0. The Bertz CT molecular complexity index is 1640. The Hall–Kier alpha value is -2.80. The first-order valence-corrected chi connectivity index (χ1v) is 18.5. The van der Waals surface area contributed by atoms with Crippen molar-refractivity contribution in [2.45, 2.75) is 52.9 Å². The SMILES string of the molecule is CC(C)c1cc2c(-c3ccccc3)cccc2[cH-]1.CCCCc1cc2c(-c3ccccc3)ccc(C)c2[cH-]1.[CH3-].[CH3-].[Si]=[Zr]. The van der Waals surface area contributed by atoms with E-state index in [0.717, 1.165) is 0 Å². The molecule has 216 valence electrons. The minimum absolute atomic E-state index is 0. The molecule has 6 aromatic rings. The average Bonchev–Trinajstić information content (AvgIpc) is 3.64. The van der Waals surface area contributed by atoms with Crippen LogP contribution in [-0.4, -0.2) is 6.88 Å². The van der Waals surface area contributed by atoms with Gasteiger partial charge in [-0.25, -0.2) is 0 Å². The average molecular weight is 644 g/mol. The fourth-order valence-corrected chi connectivity index (χ4v) is 5.36. The van der Waals surface area contributed by atoms with Crippen LogP contribution in [0.4, 0.5) is 0 Å². The predicted molar refractivity (Wildman–Crippen MR) is 186 cm³/mol. The molecule has 0 unspecified atom stereocenters. The van der Waals surface area contributed by atoms with Gasteiger partial charge in [-0.05, 0) is 23.5 Å². The molecule has 0 nitrogen and oxygen atoms in total.